The van der Waals surface area contributed by atoms with Crippen molar-refractivity contribution < 1.29 is 23.0 Å². The molecule has 0 aliphatic carbocycles. The molecule has 2 heterocycles. The molecule has 8 nitrogen and oxygen atoms in total. The molecule has 0 aliphatic rings. The summed E-state index contributed by atoms with van der Waals surface area (Å²) in [6.45, 7) is 3.88. The lowest BCUT2D eigenvalue weighted by Gasteiger charge is -2.16. The summed E-state index contributed by atoms with van der Waals surface area (Å²) in [5, 5.41) is 5.73. The lowest BCUT2D eigenvalue weighted by Crippen LogP contribution is -2.20. The Morgan fingerprint density at radius 1 is 0.932 bits per heavy atom. The highest BCUT2D eigenvalue weighted by atomic mass is 19.1. The predicted molar refractivity (Wildman–Crippen MR) is 168 cm³/mol. The quantitative estimate of drug-likeness (QED) is 0.125. The highest BCUT2D eigenvalue weighted by Gasteiger charge is 2.19. The van der Waals surface area contributed by atoms with Crippen molar-refractivity contribution in [3.63, 3.8) is 0 Å². The van der Waals surface area contributed by atoms with E-state index in [2.05, 4.69) is 11.7 Å². The van der Waals surface area contributed by atoms with Gasteiger partial charge in [-0.05, 0) is 60.5 Å². The highest BCUT2D eigenvalue weighted by molar-refractivity contribution is 5.89. The summed E-state index contributed by atoms with van der Waals surface area (Å²) in [5.74, 6) is 1.76. The van der Waals surface area contributed by atoms with Crippen molar-refractivity contribution in [2.24, 2.45) is 5.10 Å². The van der Waals surface area contributed by atoms with E-state index in [-0.39, 0.29) is 23.8 Å². The Morgan fingerprint density at radius 3 is 2.52 bits per heavy atom. The summed E-state index contributed by atoms with van der Waals surface area (Å²) >= 11 is 0. The number of furan rings is 1. The van der Waals surface area contributed by atoms with Gasteiger partial charge in [-0.3, -0.25) is 4.79 Å². The maximum atomic E-state index is 14.2. The molecule has 44 heavy (non-hydrogen) atoms. The molecule has 0 amide bonds. The highest BCUT2D eigenvalue weighted by Crippen LogP contribution is 2.35. The molecular weight excluding hydrogens is 561 g/mol. The average Bonchev–Trinajstić information content (AvgIpc) is 3.49. The van der Waals surface area contributed by atoms with Crippen LogP contribution < -0.4 is 19.8 Å². The second-order valence-corrected chi connectivity index (χ2v) is 9.88. The van der Waals surface area contributed by atoms with Gasteiger partial charge in [0.15, 0.2) is 17.3 Å². The Bertz CT molecular complexity index is 2100. The summed E-state index contributed by atoms with van der Waals surface area (Å²) in [6.07, 6.45) is 3.73. The number of nitrogens with zero attached hydrogens (tertiary/aromatic N) is 3. The van der Waals surface area contributed by atoms with Crippen LogP contribution in [0.1, 0.15) is 16.7 Å². The number of benzene rings is 4. The molecule has 0 saturated carbocycles. The molecule has 0 unspecified atom stereocenters. The average molecular weight is 590 g/mol. The molecule has 2 aromatic heterocycles. The van der Waals surface area contributed by atoms with Crippen LogP contribution in [-0.4, -0.2) is 30.1 Å². The molecule has 220 valence electrons. The van der Waals surface area contributed by atoms with Crippen LogP contribution in [0.3, 0.4) is 0 Å². The van der Waals surface area contributed by atoms with E-state index in [0.29, 0.717) is 57.0 Å². The lowest BCUT2D eigenvalue weighted by molar-refractivity contribution is 0.277. The number of ether oxygens (including phenoxy) is 3. The van der Waals surface area contributed by atoms with Gasteiger partial charge in [-0.1, -0.05) is 42.5 Å². The minimum atomic E-state index is -0.364. The first-order valence-electron chi connectivity index (χ1n) is 13.8. The smallest absolute Gasteiger partial charge is 0.282 e. The number of rotatable bonds is 10. The topological polar surface area (TPSA) is 88.1 Å². The van der Waals surface area contributed by atoms with Crippen LogP contribution in [0.2, 0.25) is 0 Å². The number of hydrogen-bond acceptors (Lipinski definition) is 7. The Kier molecular flexibility index (Phi) is 7.92. The van der Waals surface area contributed by atoms with Gasteiger partial charge in [0.05, 0.1) is 36.7 Å². The summed E-state index contributed by atoms with van der Waals surface area (Å²) in [5.41, 5.74) is 2.54. The van der Waals surface area contributed by atoms with Gasteiger partial charge in [0, 0.05) is 11.1 Å². The fourth-order valence-corrected chi connectivity index (χ4v) is 4.98. The van der Waals surface area contributed by atoms with Gasteiger partial charge in [0.25, 0.3) is 5.56 Å². The zero-order valence-corrected chi connectivity index (χ0v) is 24.1. The molecule has 6 aromatic rings. The van der Waals surface area contributed by atoms with Crippen molar-refractivity contribution in [1.29, 1.82) is 0 Å². The van der Waals surface area contributed by atoms with Gasteiger partial charge in [0.2, 0.25) is 5.82 Å². The molecule has 6 rings (SSSR count). The first-order valence-corrected chi connectivity index (χ1v) is 13.8. The summed E-state index contributed by atoms with van der Waals surface area (Å²) in [4.78, 5) is 18.5. The van der Waals surface area contributed by atoms with E-state index in [0.717, 1.165) is 10.9 Å². The standard InChI is InChI=1S/C35H28FN3O5/c1-4-10-23-17-22(18-31(42-3)33(23)43-21-24-11-5-7-13-27(24)36)20-37-39-34(38-28-14-8-6-12-25(28)35(39)40)32-19-26-29(41-2)15-9-16-30(26)44-32/h4-9,11-20H,1,10,21H2,2-3H3. The molecule has 0 radical (unpaired) electrons. The van der Waals surface area contributed by atoms with Crippen molar-refractivity contribution in [3.05, 3.63) is 130 Å². The minimum Gasteiger partial charge on any atom is -0.496 e. The molecular formula is C35H28FN3O5. The van der Waals surface area contributed by atoms with E-state index in [1.807, 2.05) is 30.3 Å². The fourth-order valence-electron chi connectivity index (χ4n) is 4.98. The van der Waals surface area contributed by atoms with Crippen LogP contribution in [0.4, 0.5) is 4.39 Å². The number of halogens is 1. The van der Waals surface area contributed by atoms with Crippen LogP contribution in [0, 0.1) is 5.82 Å². The maximum Gasteiger partial charge on any atom is 0.282 e. The molecule has 0 atom stereocenters. The SMILES string of the molecule is C=CCc1cc(C=Nn2c(-c3cc4c(OC)cccc4o3)nc3ccccc3c2=O)cc(OC)c1OCc1ccccc1F. The monoisotopic (exact) mass is 589 g/mol. The Hall–Kier alpha value is -5.70. The maximum absolute atomic E-state index is 14.2. The molecule has 0 fully saturated rings. The number of fused-ring (bicyclic) bond motifs is 2. The van der Waals surface area contributed by atoms with Gasteiger partial charge in [-0.25, -0.2) is 9.37 Å². The van der Waals surface area contributed by atoms with E-state index >= 15 is 0 Å². The molecule has 4 aromatic carbocycles. The van der Waals surface area contributed by atoms with E-state index in [1.54, 1.807) is 67.9 Å². The summed E-state index contributed by atoms with van der Waals surface area (Å²) in [6, 6.07) is 24.3. The summed E-state index contributed by atoms with van der Waals surface area (Å²) < 4.78 is 38.8. The van der Waals surface area contributed by atoms with E-state index in [9.17, 15) is 9.18 Å². The van der Waals surface area contributed by atoms with Gasteiger partial charge in [-0.2, -0.15) is 9.78 Å². The molecule has 0 spiro atoms. The number of para-hydroxylation sites is 1. The van der Waals surface area contributed by atoms with Gasteiger partial charge in [0.1, 0.15) is 23.8 Å². The van der Waals surface area contributed by atoms with Crippen LogP contribution in [-0.2, 0) is 13.0 Å². The normalized spacial score (nSPS) is 11.3. The predicted octanol–water partition coefficient (Wildman–Crippen LogP) is 7.16. The number of allylic oxidation sites excluding steroid dienone is 1. The summed E-state index contributed by atoms with van der Waals surface area (Å²) in [7, 11) is 3.11. The first kappa shape index (κ1) is 28.4. The minimum absolute atomic E-state index is 0.0183. The largest absolute Gasteiger partial charge is 0.496 e. The van der Waals surface area contributed by atoms with Crippen molar-refractivity contribution in [3.8, 4) is 28.8 Å². The van der Waals surface area contributed by atoms with Crippen molar-refractivity contribution in [2.75, 3.05) is 14.2 Å². The third kappa shape index (κ3) is 5.43. The zero-order chi connectivity index (χ0) is 30.6. The fraction of sp³-hybridized carbons (Fsp3) is 0.114. The number of aromatic nitrogens is 2. The van der Waals surface area contributed by atoms with Crippen LogP contribution in [0.5, 0.6) is 17.2 Å². The Morgan fingerprint density at radius 2 is 1.73 bits per heavy atom. The third-order valence-electron chi connectivity index (χ3n) is 7.11. The molecule has 9 heteroatoms. The van der Waals surface area contributed by atoms with Gasteiger partial charge < -0.3 is 18.6 Å². The van der Waals surface area contributed by atoms with E-state index < -0.39 is 0 Å². The van der Waals surface area contributed by atoms with E-state index in [4.69, 9.17) is 23.6 Å². The second kappa shape index (κ2) is 12.3. The van der Waals surface area contributed by atoms with Gasteiger partial charge >= 0.3 is 0 Å². The Balaban J connectivity index is 1.44. The van der Waals surface area contributed by atoms with Crippen molar-refractivity contribution in [2.45, 2.75) is 13.0 Å². The first-order chi connectivity index (χ1) is 21.5. The Labute approximate surface area is 252 Å². The molecule has 0 N–H and O–H groups in total. The number of methoxy groups -OCH3 is 2. The molecule has 0 saturated heterocycles. The van der Waals surface area contributed by atoms with Crippen molar-refractivity contribution >= 4 is 28.1 Å². The molecule has 0 bridgehead atoms. The van der Waals surface area contributed by atoms with Crippen LogP contribution in [0.15, 0.2) is 112 Å². The zero-order valence-electron chi connectivity index (χ0n) is 24.1. The second-order valence-electron chi connectivity index (χ2n) is 9.88. The lowest BCUT2D eigenvalue weighted by atomic mass is 10.1. The third-order valence-corrected chi connectivity index (χ3v) is 7.11. The van der Waals surface area contributed by atoms with Crippen molar-refractivity contribution in [1.82, 2.24) is 9.66 Å². The number of hydrogen-bond donors (Lipinski definition) is 0. The van der Waals surface area contributed by atoms with Gasteiger partial charge in [-0.15, -0.1) is 6.58 Å². The molecule has 0 aliphatic heterocycles. The van der Waals surface area contributed by atoms with Crippen LogP contribution >= 0.6 is 0 Å². The van der Waals surface area contributed by atoms with Crippen LogP contribution in [0.25, 0.3) is 33.5 Å². The van der Waals surface area contributed by atoms with E-state index in [1.165, 1.54) is 17.9 Å².